The van der Waals surface area contributed by atoms with Crippen molar-refractivity contribution in [1.82, 2.24) is 9.88 Å². The summed E-state index contributed by atoms with van der Waals surface area (Å²) < 4.78 is 0. The third-order valence-electron chi connectivity index (χ3n) is 4.79. The van der Waals surface area contributed by atoms with Gasteiger partial charge in [-0.25, -0.2) is 4.98 Å². The summed E-state index contributed by atoms with van der Waals surface area (Å²) in [5, 5.41) is 0. The molecule has 110 valence electrons. The van der Waals surface area contributed by atoms with Crippen LogP contribution in [0.4, 0.5) is 5.82 Å². The van der Waals surface area contributed by atoms with Crippen molar-refractivity contribution in [3.63, 3.8) is 0 Å². The lowest BCUT2D eigenvalue weighted by Gasteiger charge is -2.40. The van der Waals surface area contributed by atoms with Crippen LogP contribution < -0.4 is 4.90 Å². The van der Waals surface area contributed by atoms with Crippen molar-refractivity contribution in [3.05, 3.63) is 23.9 Å². The highest BCUT2D eigenvalue weighted by Crippen LogP contribution is 2.37. The van der Waals surface area contributed by atoms with Gasteiger partial charge in [-0.3, -0.25) is 4.90 Å². The van der Waals surface area contributed by atoms with Gasteiger partial charge in [0.25, 0.3) is 0 Å². The van der Waals surface area contributed by atoms with E-state index in [9.17, 15) is 0 Å². The van der Waals surface area contributed by atoms with Gasteiger partial charge in [-0.2, -0.15) is 0 Å². The molecule has 0 radical (unpaired) electrons. The van der Waals surface area contributed by atoms with E-state index in [-0.39, 0.29) is 0 Å². The number of hydrogen-bond acceptors (Lipinski definition) is 3. The Labute approximate surface area is 123 Å². The fourth-order valence-electron chi connectivity index (χ4n) is 3.77. The molecule has 3 nitrogen and oxygen atoms in total. The van der Waals surface area contributed by atoms with Gasteiger partial charge in [0, 0.05) is 36.9 Å². The summed E-state index contributed by atoms with van der Waals surface area (Å²) in [6.45, 7) is 8.24. The van der Waals surface area contributed by atoms with E-state index in [0.29, 0.717) is 12.1 Å². The van der Waals surface area contributed by atoms with Gasteiger partial charge in [0.05, 0.1) is 0 Å². The number of pyridine rings is 1. The van der Waals surface area contributed by atoms with Crippen LogP contribution in [-0.4, -0.2) is 35.6 Å². The molecule has 0 aliphatic carbocycles. The first kappa shape index (κ1) is 13.9. The van der Waals surface area contributed by atoms with E-state index >= 15 is 0 Å². The second-order valence-corrected chi connectivity index (χ2v) is 6.45. The molecule has 0 N–H and O–H groups in total. The van der Waals surface area contributed by atoms with Gasteiger partial charge < -0.3 is 4.90 Å². The Kier molecular flexibility index (Phi) is 4.25. The molecule has 0 aromatic carbocycles. The van der Waals surface area contributed by atoms with Crippen molar-refractivity contribution in [2.45, 2.75) is 58.0 Å². The molecule has 20 heavy (non-hydrogen) atoms. The van der Waals surface area contributed by atoms with Crippen LogP contribution in [0.2, 0.25) is 0 Å². The van der Waals surface area contributed by atoms with Crippen molar-refractivity contribution in [1.29, 1.82) is 0 Å². The minimum absolute atomic E-state index is 0.563. The van der Waals surface area contributed by atoms with Gasteiger partial charge >= 0.3 is 0 Å². The van der Waals surface area contributed by atoms with Crippen LogP contribution in [0, 0.1) is 0 Å². The minimum Gasteiger partial charge on any atom is -0.356 e. The van der Waals surface area contributed by atoms with Crippen LogP contribution in [-0.2, 0) is 0 Å². The fourth-order valence-corrected chi connectivity index (χ4v) is 3.77. The summed E-state index contributed by atoms with van der Waals surface area (Å²) in [7, 11) is 0. The predicted molar refractivity (Wildman–Crippen MR) is 84.1 cm³/mol. The molecule has 2 saturated heterocycles. The van der Waals surface area contributed by atoms with Gasteiger partial charge in [-0.1, -0.05) is 12.5 Å². The highest BCUT2D eigenvalue weighted by Gasteiger charge is 2.29. The van der Waals surface area contributed by atoms with Crippen molar-refractivity contribution in [3.8, 4) is 0 Å². The number of aromatic nitrogens is 1. The van der Waals surface area contributed by atoms with E-state index in [0.717, 1.165) is 0 Å². The third-order valence-corrected chi connectivity index (χ3v) is 4.79. The summed E-state index contributed by atoms with van der Waals surface area (Å²) in [5.41, 5.74) is 1.46. The molecule has 0 bridgehead atoms. The molecule has 1 atom stereocenters. The Balaban J connectivity index is 1.91. The number of likely N-dealkylation sites (tertiary alicyclic amines) is 1. The van der Waals surface area contributed by atoms with E-state index < -0.39 is 0 Å². The van der Waals surface area contributed by atoms with Crippen LogP contribution >= 0.6 is 0 Å². The molecule has 3 heterocycles. The summed E-state index contributed by atoms with van der Waals surface area (Å²) in [5.74, 6) is 1.25. The van der Waals surface area contributed by atoms with Gasteiger partial charge in [0.1, 0.15) is 5.82 Å². The molecule has 2 aliphatic rings. The van der Waals surface area contributed by atoms with E-state index in [4.69, 9.17) is 4.98 Å². The average molecular weight is 273 g/mol. The lowest BCUT2D eigenvalue weighted by molar-refractivity contribution is 0.112. The minimum atomic E-state index is 0.563. The summed E-state index contributed by atoms with van der Waals surface area (Å²) >= 11 is 0. The Hall–Kier alpha value is -1.09. The topological polar surface area (TPSA) is 19.4 Å². The first-order chi connectivity index (χ1) is 9.77. The number of piperidine rings is 1. The smallest absolute Gasteiger partial charge is 0.133 e. The number of rotatable bonds is 3. The van der Waals surface area contributed by atoms with Gasteiger partial charge in [-0.15, -0.1) is 0 Å². The largest absolute Gasteiger partial charge is 0.356 e. The van der Waals surface area contributed by atoms with Crippen molar-refractivity contribution in [2.75, 3.05) is 24.5 Å². The lowest BCUT2D eigenvalue weighted by atomic mass is 9.94. The Bertz CT molecular complexity index is 438. The zero-order chi connectivity index (χ0) is 13.9. The third kappa shape index (κ3) is 2.69. The molecule has 2 fully saturated rings. The standard InChI is InChI=1S/C17H27N3/c1-14(2)20-13-4-3-9-16(20)15-8-7-10-18-17(15)19-11-5-6-12-19/h7-8,10,14,16H,3-6,9,11-13H2,1-2H3/t16-/m0/s1. The predicted octanol–water partition coefficient (Wildman–Crippen LogP) is 3.62. The maximum Gasteiger partial charge on any atom is 0.133 e. The quantitative estimate of drug-likeness (QED) is 0.838. The molecular weight excluding hydrogens is 246 g/mol. The van der Waals surface area contributed by atoms with E-state index in [2.05, 4.69) is 35.8 Å². The van der Waals surface area contributed by atoms with E-state index in [1.54, 1.807) is 0 Å². The molecule has 2 aliphatic heterocycles. The average Bonchev–Trinajstić information content (AvgIpc) is 3.01. The maximum absolute atomic E-state index is 4.73. The van der Waals surface area contributed by atoms with Crippen molar-refractivity contribution in [2.24, 2.45) is 0 Å². The van der Waals surface area contributed by atoms with Gasteiger partial charge in [0.15, 0.2) is 0 Å². The van der Waals surface area contributed by atoms with E-state index in [1.165, 1.54) is 63.1 Å². The summed E-state index contributed by atoms with van der Waals surface area (Å²) in [6.07, 6.45) is 8.56. The molecular formula is C17H27N3. The zero-order valence-corrected chi connectivity index (χ0v) is 12.9. The lowest BCUT2D eigenvalue weighted by Crippen LogP contribution is -2.39. The van der Waals surface area contributed by atoms with Crippen LogP contribution in [0.1, 0.15) is 57.6 Å². The van der Waals surface area contributed by atoms with E-state index in [1.807, 2.05) is 6.20 Å². The van der Waals surface area contributed by atoms with Crippen LogP contribution in [0.3, 0.4) is 0 Å². The highest BCUT2D eigenvalue weighted by atomic mass is 15.2. The molecule has 0 saturated carbocycles. The summed E-state index contributed by atoms with van der Waals surface area (Å²) in [6, 6.07) is 5.61. The van der Waals surface area contributed by atoms with Crippen molar-refractivity contribution >= 4 is 5.82 Å². The fraction of sp³-hybridized carbons (Fsp3) is 0.706. The van der Waals surface area contributed by atoms with Crippen molar-refractivity contribution < 1.29 is 0 Å². The van der Waals surface area contributed by atoms with Gasteiger partial charge in [0.2, 0.25) is 0 Å². The monoisotopic (exact) mass is 273 g/mol. The number of nitrogens with zero attached hydrogens (tertiary/aromatic N) is 3. The molecule has 0 amide bonds. The molecule has 1 aromatic heterocycles. The Morgan fingerprint density at radius 1 is 1.10 bits per heavy atom. The van der Waals surface area contributed by atoms with Crippen LogP contribution in [0.15, 0.2) is 18.3 Å². The highest BCUT2D eigenvalue weighted by molar-refractivity contribution is 5.49. The summed E-state index contributed by atoms with van der Waals surface area (Å²) in [4.78, 5) is 9.88. The number of anilines is 1. The number of hydrogen-bond donors (Lipinski definition) is 0. The second kappa shape index (κ2) is 6.13. The first-order valence-electron chi connectivity index (χ1n) is 8.23. The first-order valence-corrected chi connectivity index (χ1v) is 8.23. The van der Waals surface area contributed by atoms with Crippen LogP contribution in [0.5, 0.6) is 0 Å². The molecule has 3 rings (SSSR count). The normalized spacial score (nSPS) is 24.6. The second-order valence-electron chi connectivity index (χ2n) is 6.45. The zero-order valence-electron chi connectivity index (χ0n) is 12.9. The maximum atomic E-state index is 4.73. The molecule has 3 heteroatoms. The molecule has 0 spiro atoms. The Morgan fingerprint density at radius 3 is 2.60 bits per heavy atom. The molecule has 0 unspecified atom stereocenters. The Morgan fingerprint density at radius 2 is 1.85 bits per heavy atom. The molecule has 1 aromatic rings. The SMILES string of the molecule is CC(C)N1CCCC[C@H]1c1cccnc1N1CCCC1. The van der Waals surface area contributed by atoms with Gasteiger partial charge in [-0.05, 0) is 52.1 Å². The van der Waals surface area contributed by atoms with Crippen LogP contribution in [0.25, 0.3) is 0 Å².